The minimum Gasteiger partial charge on any atom is -0.392 e. The summed E-state index contributed by atoms with van der Waals surface area (Å²) in [6, 6.07) is 10.3. The molecule has 1 aromatic heterocycles. The molecule has 2 N–H and O–H groups in total. The van der Waals surface area contributed by atoms with Gasteiger partial charge in [-0.2, -0.15) is 0 Å². The van der Waals surface area contributed by atoms with Crippen LogP contribution in [-0.4, -0.2) is 104 Å². The van der Waals surface area contributed by atoms with Crippen LogP contribution in [0.5, 0.6) is 0 Å². The maximum atomic E-state index is 9.84. The number of rotatable bonds is 8. The average Bonchev–Trinajstić information content (AvgIpc) is 3.16. The molecular weight excluding hydrogens is 380 g/mol. The van der Waals surface area contributed by atoms with E-state index in [9.17, 15) is 10.2 Å². The fraction of sp³-hybridized carbons (Fsp3) is 0.636. The van der Waals surface area contributed by atoms with E-state index in [4.69, 9.17) is 0 Å². The fourth-order valence-corrected chi connectivity index (χ4v) is 3.94. The number of aliphatic hydroxyl groups excluding tert-OH is 2. The zero-order valence-corrected chi connectivity index (χ0v) is 18.3. The molecule has 2 heterocycles. The highest BCUT2D eigenvalue weighted by Crippen LogP contribution is 2.08. The van der Waals surface area contributed by atoms with Crippen LogP contribution in [0.1, 0.15) is 25.1 Å². The Labute approximate surface area is 179 Å². The van der Waals surface area contributed by atoms with Crippen LogP contribution in [0.2, 0.25) is 0 Å². The molecule has 2 aromatic rings. The Hall–Kier alpha value is -1.84. The highest BCUT2D eigenvalue weighted by atomic mass is 16.3. The van der Waals surface area contributed by atoms with Gasteiger partial charge in [0.1, 0.15) is 0 Å². The van der Waals surface area contributed by atoms with Gasteiger partial charge < -0.3 is 10.2 Å². The lowest BCUT2D eigenvalue weighted by atomic mass is 10.2. The van der Waals surface area contributed by atoms with Crippen LogP contribution in [0, 0.1) is 0 Å². The first-order valence-electron chi connectivity index (χ1n) is 10.9. The topological polar surface area (TPSA) is 80.9 Å². The standard InChI is InChI=1S/C22H36N6O2/c1-19(29)14-25-8-9-26(15-20(2)30)11-13-27(12-10-25)17-22-18-28(24-23-22)16-21-6-4-3-5-7-21/h3-7,18-20,29-30H,8-17H2,1-2H3/t19-,20-/m0/s1. The lowest BCUT2D eigenvalue weighted by molar-refractivity contribution is 0.102. The molecule has 166 valence electrons. The normalized spacial score (nSPS) is 19.7. The Morgan fingerprint density at radius 1 is 0.800 bits per heavy atom. The van der Waals surface area contributed by atoms with Crippen molar-refractivity contribution in [2.24, 2.45) is 0 Å². The number of β-amino-alcohol motifs (C(OH)–C–C–N with tert-alkyl or cyclic N) is 2. The van der Waals surface area contributed by atoms with E-state index in [0.717, 1.165) is 58.1 Å². The molecule has 1 saturated heterocycles. The lowest BCUT2D eigenvalue weighted by Gasteiger charge is -2.27. The summed E-state index contributed by atoms with van der Waals surface area (Å²) in [6.07, 6.45) is 1.34. The number of benzene rings is 1. The minimum absolute atomic E-state index is 0.345. The molecule has 1 aromatic carbocycles. The Balaban J connectivity index is 1.61. The van der Waals surface area contributed by atoms with Crippen LogP contribution in [-0.2, 0) is 13.1 Å². The summed E-state index contributed by atoms with van der Waals surface area (Å²) in [5, 5.41) is 28.4. The maximum absolute atomic E-state index is 9.84. The van der Waals surface area contributed by atoms with Crippen molar-refractivity contribution in [2.45, 2.75) is 39.1 Å². The quantitative estimate of drug-likeness (QED) is 0.649. The van der Waals surface area contributed by atoms with Crippen LogP contribution >= 0.6 is 0 Å². The van der Waals surface area contributed by atoms with Crippen molar-refractivity contribution in [1.82, 2.24) is 29.7 Å². The van der Waals surface area contributed by atoms with Gasteiger partial charge >= 0.3 is 0 Å². The summed E-state index contributed by atoms with van der Waals surface area (Å²) in [6.45, 7) is 11.9. The van der Waals surface area contributed by atoms with Crippen molar-refractivity contribution in [3.8, 4) is 0 Å². The molecule has 30 heavy (non-hydrogen) atoms. The molecule has 0 unspecified atom stereocenters. The van der Waals surface area contributed by atoms with Gasteiger partial charge in [-0.15, -0.1) is 5.10 Å². The van der Waals surface area contributed by atoms with E-state index in [-0.39, 0.29) is 12.2 Å². The van der Waals surface area contributed by atoms with Gasteiger partial charge in [0.25, 0.3) is 0 Å². The Morgan fingerprint density at radius 2 is 1.33 bits per heavy atom. The molecule has 0 amide bonds. The number of hydrogen-bond acceptors (Lipinski definition) is 7. The maximum Gasteiger partial charge on any atom is 0.0967 e. The van der Waals surface area contributed by atoms with E-state index in [2.05, 4.69) is 37.1 Å². The summed E-state index contributed by atoms with van der Waals surface area (Å²) in [4.78, 5) is 7.01. The van der Waals surface area contributed by atoms with Gasteiger partial charge in [0.05, 0.1) is 30.6 Å². The van der Waals surface area contributed by atoms with Crippen LogP contribution in [0.3, 0.4) is 0 Å². The molecule has 3 rings (SSSR count). The first kappa shape index (κ1) is 22.8. The summed E-state index contributed by atoms with van der Waals surface area (Å²) in [5.41, 5.74) is 2.17. The van der Waals surface area contributed by atoms with Crippen LogP contribution in [0.25, 0.3) is 0 Å². The highest BCUT2D eigenvalue weighted by Gasteiger charge is 2.19. The van der Waals surface area contributed by atoms with E-state index in [1.54, 1.807) is 0 Å². The molecule has 1 fully saturated rings. The summed E-state index contributed by atoms with van der Waals surface area (Å²) >= 11 is 0. The fourth-order valence-electron chi connectivity index (χ4n) is 3.94. The van der Waals surface area contributed by atoms with Gasteiger partial charge in [0.2, 0.25) is 0 Å². The lowest BCUT2D eigenvalue weighted by Crippen LogP contribution is -2.41. The molecule has 8 heteroatoms. The number of nitrogens with zero attached hydrogens (tertiary/aromatic N) is 6. The largest absolute Gasteiger partial charge is 0.392 e. The van der Waals surface area contributed by atoms with Crippen molar-refractivity contribution >= 4 is 0 Å². The van der Waals surface area contributed by atoms with Gasteiger partial charge in [-0.3, -0.25) is 14.7 Å². The molecule has 0 radical (unpaired) electrons. The molecule has 0 aliphatic carbocycles. The van der Waals surface area contributed by atoms with Crippen molar-refractivity contribution in [2.75, 3.05) is 52.4 Å². The number of aliphatic hydroxyl groups is 2. The Bertz CT molecular complexity index is 714. The van der Waals surface area contributed by atoms with Crippen molar-refractivity contribution < 1.29 is 10.2 Å². The predicted octanol–water partition coefficient (Wildman–Crippen LogP) is 0.508. The third-order valence-corrected chi connectivity index (χ3v) is 5.40. The van der Waals surface area contributed by atoms with Crippen molar-refractivity contribution in [1.29, 1.82) is 0 Å². The molecule has 0 bridgehead atoms. The van der Waals surface area contributed by atoms with Gasteiger partial charge in [0, 0.05) is 58.9 Å². The molecule has 1 aliphatic rings. The minimum atomic E-state index is -0.345. The van der Waals surface area contributed by atoms with Gasteiger partial charge in [0.15, 0.2) is 0 Å². The van der Waals surface area contributed by atoms with Gasteiger partial charge in [-0.05, 0) is 19.4 Å². The summed E-state index contributed by atoms with van der Waals surface area (Å²) in [7, 11) is 0. The summed E-state index contributed by atoms with van der Waals surface area (Å²) in [5.74, 6) is 0. The summed E-state index contributed by atoms with van der Waals surface area (Å²) < 4.78 is 1.89. The monoisotopic (exact) mass is 416 g/mol. The predicted molar refractivity (Wildman–Crippen MR) is 117 cm³/mol. The molecule has 1 aliphatic heterocycles. The molecule has 8 nitrogen and oxygen atoms in total. The third-order valence-electron chi connectivity index (χ3n) is 5.40. The van der Waals surface area contributed by atoms with Crippen LogP contribution in [0.4, 0.5) is 0 Å². The van der Waals surface area contributed by atoms with Crippen molar-refractivity contribution in [3.63, 3.8) is 0 Å². The second kappa shape index (κ2) is 11.5. The van der Waals surface area contributed by atoms with Gasteiger partial charge in [-0.25, -0.2) is 4.68 Å². The average molecular weight is 417 g/mol. The van der Waals surface area contributed by atoms with Crippen molar-refractivity contribution in [3.05, 3.63) is 47.8 Å². The first-order chi connectivity index (χ1) is 14.5. The van der Waals surface area contributed by atoms with E-state index in [1.807, 2.05) is 42.9 Å². The number of hydrogen-bond donors (Lipinski definition) is 2. The zero-order chi connectivity index (χ0) is 21.3. The SMILES string of the molecule is C[C@H](O)CN1CCN(Cc2cn(Cc3ccccc3)nn2)CCN(C[C@H](C)O)CC1. The molecule has 0 spiro atoms. The van der Waals surface area contributed by atoms with E-state index in [0.29, 0.717) is 13.1 Å². The molecule has 2 atom stereocenters. The third kappa shape index (κ3) is 7.77. The second-order valence-corrected chi connectivity index (χ2v) is 8.47. The van der Waals surface area contributed by atoms with Gasteiger partial charge in [-0.1, -0.05) is 35.5 Å². The van der Waals surface area contributed by atoms with E-state index in [1.165, 1.54) is 5.56 Å². The Morgan fingerprint density at radius 3 is 1.87 bits per heavy atom. The zero-order valence-electron chi connectivity index (χ0n) is 18.3. The van der Waals surface area contributed by atoms with Crippen LogP contribution < -0.4 is 0 Å². The highest BCUT2D eigenvalue weighted by molar-refractivity contribution is 5.14. The smallest absolute Gasteiger partial charge is 0.0967 e. The van der Waals surface area contributed by atoms with E-state index < -0.39 is 0 Å². The second-order valence-electron chi connectivity index (χ2n) is 8.47. The molecule has 0 saturated carbocycles. The molecular formula is C22H36N6O2. The van der Waals surface area contributed by atoms with E-state index >= 15 is 0 Å². The Kier molecular flexibility index (Phi) is 8.77. The number of aromatic nitrogens is 3. The first-order valence-corrected chi connectivity index (χ1v) is 10.9. The van der Waals surface area contributed by atoms with Crippen LogP contribution in [0.15, 0.2) is 36.5 Å².